The van der Waals surface area contributed by atoms with Gasteiger partial charge in [-0.05, 0) is 30.3 Å². The van der Waals surface area contributed by atoms with Crippen molar-refractivity contribution in [2.45, 2.75) is 0 Å². The first kappa shape index (κ1) is 13.1. The van der Waals surface area contributed by atoms with Gasteiger partial charge in [0.25, 0.3) is 0 Å². The quantitative estimate of drug-likeness (QED) is 0.692. The van der Waals surface area contributed by atoms with Crippen LogP contribution >= 0.6 is 0 Å². The lowest BCUT2D eigenvalue weighted by molar-refractivity contribution is 0.0593. The van der Waals surface area contributed by atoms with Gasteiger partial charge >= 0.3 is 5.97 Å². The maximum Gasteiger partial charge on any atom is 0.358 e. The number of benzene rings is 1. The molecule has 0 saturated heterocycles. The average Bonchev–Trinajstić information content (AvgIpc) is 3.01. The highest BCUT2D eigenvalue weighted by atomic mass is 16.5. The summed E-state index contributed by atoms with van der Waals surface area (Å²) in [7, 11) is 1.34. The van der Waals surface area contributed by atoms with E-state index in [4.69, 9.17) is 4.74 Å². The van der Waals surface area contributed by atoms with Gasteiger partial charge in [-0.15, -0.1) is 0 Å². The molecule has 1 aromatic carbocycles. The molecule has 0 atom stereocenters. The predicted octanol–water partition coefficient (Wildman–Crippen LogP) is 2.72. The van der Waals surface area contributed by atoms with E-state index >= 15 is 0 Å². The van der Waals surface area contributed by atoms with Crippen molar-refractivity contribution in [1.29, 1.82) is 0 Å². The van der Waals surface area contributed by atoms with Gasteiger partial charge in [0, 0.05) is 18.0 Å². The van der Waals surface area contributed by atoms with Crippen LogP contribution in [0.5, 0.6) is 0 Å². The molecule has 0 aliphatic heterocycles. The first-order valence-electron chi connectivity index (χ1n) is 6.44. The molecule has 0 fully saturated rings. The summed E-state index contributed by atoms with van der Waals surface area (Å²) in [6, 6.07) is 15.1. The molecular formula is C16H13N3O2. The smallest absolute Gasteiger partial charge is 0.358 e. The Morgan fingerprint density at radius 3 is 2.62 bits per heavy atom. The second kappa shape index (κ2) is 5.58. The second-order valence-corrected chi connectivity index (χ2v) is 4.40. The summed E-state index contributed by atoms with van der Waals surface area (Å²) in [4.78, 5) is 15.8. The number of nitrogens with zero attached hydrogens (tertiary/aromatic N) is 3. The average molecular weight is 279 g/mol. The normalized spacial score (nSPS) is 10.3. The van der Waals surface area contributed by atoms with E-state index in [0.29, 0.717) is 0 Å². The van der Waals surface area contributed by atoms with Gasteiger partial charge in [0.1, 0.15) is 0 Å². The molecule has 3 aromatic rings. The van der Waals surface area contributed by atoms with E-state index in [1.807, 2.05) is 42.5 Å². The molecule has 104 valence electrons. The van der Waals surface area contributed by atoms with Crippen LogP contribution in [0.4, 0.5) is 0 Å². The summed E-state index contributed by atoms with van der Waals surface area (Å²) >= 11 is 0. The Kier molecular flexibility index (Phi) is 3.47. The number of hydrogen-bond donors (Lipinski definition) is 0. The molecule has 0 aliphatic rings. The van der Waals surface area contributed by atoms with E-state index in [-0.39, 0.29) is 5.69 Å². The van der Waals surface area contributed by atoms with E-state index in [9.17, 15) is 4.79 Å². The Bertz CT molecular complexity index is 695. The Morgan fingerprint density at radius 2 is 1.95 bits per heavy atom. The maximum atomic E-state index is 11.7. The molecule has 0 unspecified atom stereocenters. The van der Waals surface area contributed by atoms with Gasteiger partial charge in [-0.25, -0.2) is 9.48 Å². The molecule has 0 amide bonds. The number of hydrogen-bond acceptors (Lipinski definition) is 4. The van der Waals surface area contributed by atoms with Gasteiger partial charge in [-0.2, -0.15) is 5.10 Å². The van der Waals surface area contributed by atoms with E-state index in [0.717, 1.165) is 16.9 Å². The van der Waals surface area contributed by atoms with Crippen molar-refractivity contribution < 1.29 is 9.53 Å². The molecule has 0 bridgehead atoms. The standard InChI is InChI=1S/C16H13N3O2/c1-21-16(20)14-10-15(12-6-5-9-17-11-12)19(18-14)13-7-3-2-4-8-13/h2-11H,1H3. The Morgan fingerprint density at radius 1 is 1.14 bits per heavy atom. The summed E-state index contributed by atoms with van der Waals surface area (Å²) in [5.74, 6) is -0.463. The molecule has 5 nitrogen and oxygen atoms in total. The number of carbonyl (C=O) groups is 1. The number of para-hydroxylation sites is 1. The summed E-state index contributed by atoms with van der Waals surface area (Å²) in [5, 5.41) is 4.34. The third-order valence-electron chi connectivity index (χ3n) is 3.06. The molecule has 0 radical (unpaired) electrons. The largest absolute Gasteiger partial charge is 0.464 e. The lowest BCUT2D eigenvalue weighted by atomic mass is 10.2. The monoisotopic (exact) mass is 279 g/mol. The summed E-state index contributed by atoms with van der Waals surface area (Å²) in [6.07, 6.45) is 3.44. The van der Waals surface area contributed by atoms with Crippen LogP contribution in [0.1, 0.15) is 10.5 Å². The summed E-state index contributed by atoms with van der Waals surface area (Å²) in [5.41, 5.74) is 2.80. The van der Waals surface area contributed by atoms with Crippen LogP contribution in [0, 0.1) is 0 Å². The number of ether oxygens (including phenoxy) is 1. The maximum absolute atomic E-state index is 11.7. The molecule has 5 heteroatoms. The van der Waals surface area contributed by atoms with Gasteiger partial charge in [0.05, 0.1) is 18.5 Å². The van der Waals surface area contributed by atoms with Crippen LogP contribution in [0.15, 0.2) is 60.9 Å². The van der Waals surface area contributed by atoms with Crippen molar-refractivity contribution in [2.24, 2.45) is 0 Å². The van der Waals surface area contributed by atoms with E-state index in [1.165, 1.54) is 7.11 Å². The van der Waals surface area contributed by atoms with Crippen molar-refractivity contribution in [3.8, 4) is 16.9 Å². The molecule has 21 heavy (non-hydrogen) atoms. The molecule has 0 saturated carbocycles. The zero-order valence-corrected chi connectivity index (χ0v) is 11.4. The Balaban J connectivity index is 2.18. The second-order valence-electron chi connectivity index (χ2n) is 4.40. The fourth-order valence-electron chi connectivity index (χ4n) is 2.07. The van der Waals surface area contributed by atoms with E-state index in [1.54, 1.807) is 23.1 Å². The summed E-state index contributed by atoms with van der Waals surface area (Å²) < 4.78 is 6.46. The first-order valence-corrected chi connectivity index (χ1v) is 6.44. The minimum absolute atomic E-state index is 0.264. The van der Waals surface area contributed by atoms with Crippen molar-refractivity contribution in [1.82, 2.24) is 14.8 Å². The van der Waals surface area contributed by atoms with Crippen molar-refractivity contribution in [3.63, 3.8) is 0 Å². The highest BCUT2D eigenvalue weighted by Crippen LogP contribution is 2.23. The number of pyridine rings is 1. The zero-order chi connectivity index (χ0) is 14.7. The fraction of sp³-hybridized carbons (Fsp3) is 0.0625. The minimum atomic E-state index is -0.463. The number of aromatic nitrogens is 3. The third kappa shape index (κ3) is 2.53. The van der Waals surface area contributed by atoms with Crippen molar-refractivity contribution in [2.75, 3.05) is 7.11 Å². The third-order valence-corrected chi connectivity index (χ3v) is 3.06. The SMILES string of the molecule is COC(=O)c1cc(-c2cccnc2)n(-c2ccccc2)n1. The van der Waals surface area contributed by atoms with Crippen LogP contribution in [-0.2, 0) is 4.74 Å². The van der Waals surface area contributed by atoms with E-state index < -0.39 is 5.97 Å². The minimum Gasteiger partial charge on any atom is -0.464 e. The van der Waals surface area contributed by atoms with Crippen molar-refractivity contribution >= 4 is 5.97 Å². The lowest BCUT2D eigenvalue weighted by Crippen LogP contribution is -2.04. The van der Waals surface area contributed by atoms with Crippen LogP contribution in [0.25, 0.3) is 16.9 Å². The fourth-order valence-corrected chi connectivity index (χ4v) is 2.07. The Labute approximate surface area is 121 Å². The highest BCUT2D eigenvalue weighted by Gasteiger charge is 2.16. The van der Waals surface area contributed by atoms with E-state index in [2.05, 4.69) is 10.1 Å². The van der Waals surface area contributed by atoms with Crippen LogP contribution in [0.2, 0.25) is 0 Å². The number of carbonyl (C=O) groups excluding carboxylic acids is 1. The molecule has 2 heterocycles. The van der Waals surface area contributed by atoms with Crippen molar-refractivity contribution in [3.05, 3.63) is 66.6 Å². The van der Waals surface area contributed by atoms with Gasteiger partial charge in [0.15, 0.2) is 5.69 Å². The van der Waals surface area contributed by atoms with Gasteiger partial charge < -0.3 is 4.74 Å². The molecule has 2 aromatic heterocycles. The van der Waals surface area contributed by atoms with Gasteiger partial charge in [-0.1, -0.05) is 18.2 Å². The highest BCUT2D eigenvalue weighted by molar-refractivity contribution is 5.88. The zero-order valence-electron chi connectivity index (χ0n) is 11.4. The van der Waals surface area contributed by atoms with Crippen LogP contribution in [0.3, 0.4) is 0 Å². The van der Waals surface area contributed by atoms with Crippen LogP contribution < -0.4 is 0 Å². The number of rotatable bonds is 3. The predicted molar refractivity (Wildman–Crippen MR) is 78.1 cm³/mol. The number of methoxy groups -OCH3 is 1. The van der Waals surface area contributed by atoms with Gasteiger partial charge in [0.2, 0.25) is 0 Å². The number of esters is 1. The summed E-state index contributed by atoms with van der Waals surface area (Å²) in [6.45, 7) is 0. The first-order chi connectivity index (χ1) is 10.3. The molecule has 3 rings (SSSR count). The molecule has 0 aliphatic carbocycles. The van der Waals surface area contributed by atoms with Gasteiger partial charge in [-0.3, -0.25) is 4.98 Å². The molecular weight excluding hydrogens is 266 g/mol. The van der Waals surface area contributed by atoms with Crippen LogP contribution in [-0.4, -0.2) is 27.8 Å². The molecule has 0 spiro atoms. The Hall–Kier alpha value is -2.95. The topological polar surface area (TPSA) is 57.0 Å². The molecule has 0 N–H and O–H groups in total. The lowest BCUT2D eigenvalue weighted by Gasteiger charge is -2.06.